The first-order valence-corrected chi connectivity index (χ1v) is 7.61. The summed E-state index contributed by atoms with van der Waals surface area (Å²) in [5.74, 6) is 1.59. The maximum absolute atomic E-state index is 12.4. The van der Waals surface area contributed by atoms with E-state index in [1.54, 1.807) is 0 Å². The van der Waals surface area contributed by atoms with E-state index < -0.39 is 0 Å². The van der Waals surface area contributed by atoms with Gasteiger partial charge in [0.25, 0.3) is 0 Å². The molecule has 1 saturated carbocycles. The van der Waals surface area contributed by atoms with Crippen molar-refractivity contribution >= 4 is 5.91 Å². The van der Waals surface area contributed by atoms with Crippen molar-refractivity contribution in [3.8, 4) is 0 Å². The van der Waals surface area contributed by atoms with E-state index in [-0.39, 0.29) is 0 Å². The third kappa shape index (κ3) is 3.47. The van der Waals surface area contributed by atoms with Crippen LogP contribution in [0, 0.1) is 11.8 Å². The standard InChI is InChI=1S/C15H28N2O/c1-11(2)17(14-6-7-14)15(18)9-12(3)13-5-4-8-16-10-13/h11-14,16H,4-10H2,1-3H3. The fourth-order valence-electron chi connectivity index (χ4n) is 3.18. The number of nitrogens with zero attached hydrogens (tertiary/aromatic N) is 1. The summed E-state index contributed by atoms with van der Waals surface area (Å²) in [6, 6.07) is 0.913. The van der Waals surface area contributed by atoms with Crippen molar-refractivity contribution in [2.24, 2.45) is 11.8 Å². The van der Waals surface area contributed by atoms with E-state index in [1.807, 2.05) is 0 Å². The van der Waals surface area contributed by atoms with E-state index in [2.05, 4.69) is 31.0 Å². The second-order valence-corrected chi connectivity index (χ2v) is 6.41. The van der Waals surface area contributed by atoms with Crippen LogP contribution in [0.3, 0.4) is 0 Å². The first-order chi connectivity index (χ1) is 8.59. The molecule has 104 valence electrons. The van der Waals surface area contributed by atoms with Gasteiger partial charge >= 0.3 is 0 Å². The Morgan fingerprint density at radius 2 is 2.00 bits per heavy atom. The van der Waals surface area contributed by atoms with Crippen molar-refractivity contribution in [1.29, 1.82) is 0 Å². The molecule has 1 N–H and O–H groups in total. The Morgan fingerprint density at radius 1 is 1.28 bits per heavy atom. The topological polar surface area (TPSA) is 32.3 Å². The number of amides is 1. The lowest BCUT2D eigenvalue weighted by Gasteiger charge is -2.32. The molecule has 1 amide bonds. The first kappa shape index (κ1) is 13.9. The van der Waals surface area contributed by atoms with Gasteiger partial charge in [0.2, 0.25) is 5.91 Å². The number of hydrogen-bond acceptors (Lipinski definition) is 2. The molecule has 3 nitrogen and oxygen atoms in total. The van der Waals surface area contributed by atoms with Gasteiger partial charge < -0.3 is 10.2 Å². The smallest absolute Gasteiger partial charge is 0.223 e. The summed E-state index contributed by atoms with van der Waals surface area (Å²) in [6.07, 6.45) is 5.71. The minimum atomic E-state index is 0.363. The molecule has 0 aromatic rings. The van der Waals surface area contributed by atoms with E-state index in [0.29, 0.717) is 29.8 Å². The molecular formula is C15H28N2O. The monoisotopic (exact) mass is 252 g/mol. The molecule has 1 aliphatic heterocycles. The maximum atomic E-state index is 12.4. The molecule has 1 aliphatic carbocycles. The largest absolute Gasteiger partial charge is 0.337 e. The van der Waals surface area contributed by atoms with E-state index in [0.717, 1.165) is 19.5 Å². The van der Waals surface area contributed by atoms with Crippen molar-refractivity contribution in [1.82, 2.24) is 10.2 Å². The highest BCUT2D eigenvalue weighted by Crippen LogP contribution is 2.31. The molecule has 0 bridgehead atoms. The molecule has 0 spiro atoms. The van der Waals surface area contributed by atoms with Crippen LogP contribution >= 0.6 is 0 Å². The van der Waals surface area contributed by atoms with Crippen molar-refractivity contribution in [3.05, 3.63) is 0 Å². The lowest BCUT2D eigenvalue weighted by atomic mass is 9.85. The number of hydrogen-bond donors (Lipinski definition) is 1. The van der Waals surface area contributed by atoms with Crippen LogP contribution in [0.25, 0.3) is 0 Å². The Hall–Kier alpha value is -0.570. The van der Waals surface area contributed by atoms with Gasteiger partial charge in [0.15, 0.2) is 0 Å². The third-order valence-corrected chi connectivity index (χ3v) is 4.42. The summed E-state index contributed by atoms with van der Waals surface area (Å²) in [5, 5.41) is 3.45. The molecular weight excluding hydrogens is 224 g/mol. The van der Waals surface area contributed by atoms with E-state index in [1.165, 1.54) is 25.7 Å². The van der Waals surface area contributed by atoms with Gasteiger partial charge in [0, 0.05) is 18.5 Å². The molecule has 1 saturated heterocycles. The number of nitrogens with one attached hydrogen (secondary N) is 1. The quantitative estimate of drug-likeness (QED) is 0.815. The highest BCUT2D eigenvalue weighted by atomic mass is 16.2. The SMILES string of the molecule is CC(CC(=O)N(C(C)C)C1CC1)C1CCCNC1. The van der Waals surface area contributed by atoms with Gasteiger partial charge in [-0.05, 0) is 64.5 Å². The summed E-state index contributed by atoms with van der Waals surface area (Å²) >= 11 is 0. The summed E-state index contributed by atoms with van der Waals surface area (Å²) in [7, 11) is 0. The zero-order valence-corrected chi connectivity index (χ0v) is 12.1. The number of carbonyl (C=O) groups is 1. The predicted molar refractivity (Wildman–Crippen MR) is 74.4 cm³/mol. The van der Waals surface area contributed by atoms with Crippen molar-refractivity contribution < 1.29 is 4.79 Å². The Morgan fingerprint density at radius 3 is 2.50 bits per heavy atom. The molecule has 2 atom stereocenters. The molecule has 2 fully saturated rings. The van der Waals surface area contributed by atoms with Gasteiger partial charge in [-0.3, -0.25) is 4.79 Å². The van der Waals surface area contributed by atoms with Gasteiger partial charge in [-0.1, -0.05) is 6.92 Å². The summed E-state index contributed by atoms with van der Waals surface area (Å²) in [4.78, 5) is 14.6. The fourth-order valence-corrected chi connectivity index (χ4v) is 3.18. The van der Waals surface area contributed by atoms with Crippen molar-refractivity contribution in [2.45, 2.75) is 65.0 Å². The lowest BCUT2D eigenvalue weighted by molar-refractivity contribution is -0.134. The van der Waals surface area contributed by atoms with Gasteiger partial charge in [0.1, 0.15) is 0 Å². The average molecular weight is 252 g/mol. The van der Waals surface area contributed by atoms with Crippen molar-refractivity contribution in [3.63, 3.8) is 0 Å². The molecule has 1 heterocycles. The van der Waals surface area contributed by atoms with E-state index in [9.17, 15) is 4.79 Å². The van der Waals surface area contributed by atoms with Crippen molar-refractivity contribution in [2.75, 3.05) is 13.1 Å². The first-order valence-electron chi connectivity index (χ1n) is 7.61. The van der Waals surface area contributed by atoms with E-state index in [4.69, 9.17) is 0 Å². The second kappa shape index (κ2) is 6.05. The Balaban J connectivity index is 1.84. The predicted octanol–water partition coefficient (Wildman–Crippen LogP) is 2.41. The van der Waals surface area contributed by atoms with Crippen LogP contribution in [-0.4, -0.2) is 36.0 Å². The lowest BCUT2D eigenvalue weighted by Crippen LogP contribution is -2.41. The minimum Gasteiger partial charge on any atom is -0.337 e. The highest BCUT2D eigenvalue weighted by Gasteiger charge is 2.35. The van der Waals surface area contributed by atoms with Crippen LogP contribution in [0.2, 0.25) is 0 Å². The Bertz CT molecular complexity index is 278. The van der Waals surface area contributed by atoms with Gasteiger partial charge in [-0.2, -0.15) is 0 Å². The Kier molecular flexibility index (Phi) is 4.66. The summed E-state index contributed by atoms with van der Waals surface area (Å²) in [5.41, 5.74) is 0. The number of piperidine rings is 1. The molecule has 0 radical (unpaired) electrons. The number of carbonyl (C=O) groups excluding carboxylic acids is 1. The van der Waals surface area contributed by atoms with E-state index >= 15 is 0 Å². The molecule has 2 aliphatic rings. The van der Waals surface area contributed by atoms with Gasteiger partial charge in [-0.25, -0.2) is 0 Å². The average Bonchev–Trinajstić information content (AvgIpc) is 3.14. The molecule has 18 heavy (non-hydrogen) atoms. The van der Waals surface area contributed by atoms with Gasteiger partial charge in [-0.15, -0.1) is 0 Å². The summed E-state index contributed by atoms with van der Waals surface area (Å²) in [6.45, 7) is 8.78. The Labute approximate surface area is 111 Å². The maximum Gasteiger partial charge on any atom is 0.223 e. The molecule has 2 unspecified atom stereocenters. The van der Waals surface area contributed by atoms with Crippen LogP contribution < -0.4 is 5.32 Å². The third-order valence-electron chi connectivity index (χ3n) is 4.42. The second-order valence-electron chi connectivity index (χ2n) is 6.41. The van der Waals surface area contributed by atoms with Crippen LogP contribution in [0.4, 0.5) is 0 Å². The fraction of sp³-hybridized carbons (Fsp3) is 0.933. The van der Waals surface area contributed by atoms with Crippen LogP contribution in [0.1, 0.15) is 52.9 Å². The van der Waals surface area contributed by atoms with Crippen LogP contribution in [-0.2, 0) is 4.79 Å². The zero-order chi connectivity index (χ0) is 13.1. The molecule has 0 aromatic carbocycles. The number of rotatable bonds is 5. The zero-order valence-electron chi connectivity index (χ0n) is 12.1. The molecule has 2 rings (SSSR count). The van der Waals surface area contributed by atoms with Gasteiger partial charge in [0.05, 0.1) is 0 Å². The normalized spacial score (nSPS) is 26.1. The highest BCUT2D eigenvalue weighted by molar-refractivity contribution is 5.77. The molecule has 3 heteroatoms. The minimum absolute atomic E-state index is 0.363. The van der Waals surface area contributed by atoms with Crippen LogP contribution in [0.15, 0.2) is 0 Å². The van der Waals surface area contributed by atoms with Crippen LogP contribution in [0.5, 0.6) is 0 Å². The molecule has 0 aromatic heterocycles. The summed E-state index contributed by atoms with van der Waals surface area (Å²) < 4.78 is 0.